The number of anilines is 1. The van der Waals surface area contributed by atoms with Gasteiger partial charge in [-0.05, 0) is 12.5 Å². The number of hydrogen-bond acceptors (Lipinski definition) is 7. The monoisotopic (exact) mass is 407 g/mol. The summed E-state index contributed by atoms with van der Waals surface area (Å²) in [6, 6.07) is 8.25. The molecule has 1 aliphatic heterocycles. The highest BCUT2D eigenvalue weighted by molar-refractivity contribution is 7.91. The highest BCUT2D eigenvalue weighted by Crippen LogP contribution is 2.13. The van der Waals surface area contributed by atoms with Crippen LogP contribution in [0.1, 0.15) is 11.3 Å². The summed E-state index contributed by atoms with van der Waals surface area (Å²) in [5.41, 5.74) is 0.779. The molecule has 0 saturated carbocycles. The Balaban J connectivity index is 1.49. The van der Waals surface area contributed by atoms with E-state index in [4.69, 9.17) is 4.52 Å². The maximum atomic E-state index is 12.0. The number of carbonyl (C=O) groups excluding carboxylic acids is 3. The standard InChI is InChI=1S/C16H17N5O6S/c1-10-7-13(18-27-10)19-28(25,26)20-16(24)21-9-12(15(21)23)17-14(22)8-11-5-3-2-4-6-11/h2-7,12H,8-9H2,1H3,(H,17,22)(H,18,19)(H,20,24)/t12-/m0/s1. The van der Waals surface area contributed by atoms with Crippen LogP contribution in [-0.2, 0) is 26.2 Å². The highest BCUT2D eigenvalue weighted by atomic mass is 32.2. The van der Waals surface area contributed by atoms with E-state index in [1.807, 2.05) is 10.8 Å². The lowest BCUT2D eigenvalue weighted by molar-refractivity contribution is -0.142. The van der Waals surface area contributed by atoms with Gasteiger partial charge in [0.1, 0.15) is 11.8 Å². The Bertz CT molecular complexity index is 1000. The van der Waals surface area contributed by atoms with Gasteiger partial charge < -0.3 is 9.84 Å². The number of aromatic nitrogens is 1. The van der Waals surface area contributed by atoms with Crippen molar-refractivity contribution in [1.29, 1.82) is 0 Å². The zero-order chi connectivity index (χ0) is 20.3. The zero-order valence-corrected chi connectivity index (χ0v) is 15.5. The number of nitrogens with one attached hydrogen (secondary N) is 3. The van der Waals surface area contributed by atoms with Gasteiger partial charge in [0.25, 0.3) is 5.91 Å². The molecule has 148 valence electrons. The van der Waals surface area contributed by atoms with E-state index in [2.05, 4.69) is 10.5 Å². The summed E-state index contributed by atoms with van der Waals surface area (Å²) >= 11 is 0. The van der Waals surface area contributed by atoms with Crippen molar-refractivity contribution in [1.82, 2.24) is 20.1 Å². The van der Waals surface area contributed by atoms with Crippen molar-refractivity contribution in [2.75, 3.05) is 11.3 Å². The molecule has 11 nitrogen and oxygen atoms in total. The summed E-state index contributed by atoms with van der Waals surface area (Å²) in [7, 11) is -4.30. The zero-order valence-electron chi connectivity index (χ0n) is 14.7. The third kappa shape index (κ3) is 4.65. The number of nitrogens with zero attached hydrogens (tertiary/aromatic N) is 2. The van der Waals surface area contributed by atoms with Crippen LogP contribution in [0.5, 0.6) is 0 Å². The lowest BCUT2D eigenvalue weighted by atomic mass is 10.1. The fourth-order valence-corrected chi connectivity index (χ4v) is 3.25. The number of urea groups is 1. The smallest absolute Gasteiger partial charge is 0.339 e. The van der Waals surface area contributed by atoms with Crippen LogP contribution in [0.2, 0.25) is 0 Å². The van der Waals surface area contributed by atoms with Crippen LogP contribution < -0.4 is 14.8 Å². The fourth-order valence-electron chi connectivity index (χ4n) is 2.49. The first-order valence-electron chi connectivity index (χ1n) is 8.16. The fraction of sp³-hybridized carbons (Fsp3) is 0.250. The van der Waals surface area contributed by atoms with Crippen LogP contribution >= 0.6 is 0 Å². The minimum atomic E-state index is -4.30. The predicted octanol–water partition coefficient (Wildman–Crippen LogP) is -0.0810. The lowest BCUT2D eigenvalue weighted by Crippen LogP contribution is -2.67. The molecule has 28 heavy (non-hydrogen) atoms. The second-order valence-corrected chi connectivity index (χ2v) is 7.48. The molecule has 0 bridgehead atoms. The molecular weight excluding hydrogens is 390 g/mol. The molecule has 0 radical (unpaired) electrons. The van der Waals surface area contributed by atoms with Gasteiger partial charge in [0, 0.05) is 6.07 Å². The number of rotatable bonds is 6. The van der Waals surface area contributed by atoms with Gasteiger partial charge in [-0.3, -0.25) is 14.5 Å². The normalized spacial score (nSPS) is 16.2. The predicted molar refractivity (Wildman–Crippen MR) is 96.1 cm³/mol. The molecule has 1 saturated heterocycles. The van der Waals surface area contributed by atoms with Crippen LogP contribution in [0, 0.1) is 6.92 Å². The average Bonchev–Trinajstić information content (AvgIpc) is 3.02. The maximum absolute atomic E-state index is 12.0. The van der Waals surface area contributed by atoms with Crippen molar-refractivity contribution in [3.8, 4) is 0 Å². The number of likely N-dealkylation sites (tertiary alicyclic amines) is 1. The van der Waals surface area contributed by atoms with Crippen molar-refractivity contribution < 1.29 is 27.3 Å². The first-order valence-corrected chi connectivity index (χ1v) is 9.64. The topological polar surface area (TPSA) is 151 Å². The number of hydrogen-bond donors (Lipinski definition) is 3. The van der Waals surface area contributed by atoms with E-state index in [1.165, 1.54) is 6.07 Å². The van der Waals surface area contributed by atoms with Gasteiger partial charge in [0.05, 0.1) is 13.0 Å². The van der Waals surface area contributed by atoms with Crippen LogP contribution in [0.4, 0.5) is 10.6 Å². The van der Waals surface area contributed by atoms with Crippen molar-refractivity contribution in [3.05, 3.63) is 47.7 Å². The molecule has 12 heteroatoms. The van der Waals surface area contributed by atoms with E-state index < -0.39 is 28.2 Å². The molecule has 4 amide bonds. The molecule has 1 aromatic carbocycles. The van der Waals surface area contributed by atoms with Gasteiger partial charge in [-0.1, -0.05) is 35.5 Å². The average molecular weight is 407 g/mol. The summed E-state index contributed by atoms with van der Waals surface area (Å²) in [6.45, 7) is 1.43. The van der Waals surface area contributed by atoms with Crippen molar-refractivity contribution >= 4 is 33.9 Å². The first-order chi connectivity index (χ1) is 13.2. The summed E-state index contributed by atoms with van der Waals surface area (Å²) in [5.74, 6) is -0.818. The van der Waals surface area contributed by atoms with E-state index >= 15 is 0 Å². The Hall–Kier alpha value is -3.41. The Morgan fingerprint density at radius 2 is 2.00 bits per heavy atom. The number of amides is 4. The van der Waals surface area contributed by atoms with E-state index in [-0.39, 0.29) is 24.7 Å². The van der Waals surface area contributed by atoms with Crippen LogP contribution in [0.3, 0.4) is 0 Å². The molecule has 2 heterocycles. The molecule has 1 aliphatic rings. The molecule has 0 spiro atoms. The van der Waals surface area contributed by atoms with E-state index in [1.54, 1.807) is 35.9 Å². The molecule has 1 fully saturated rings. The third-order valence-corrected chi connectivity index (χ3v) is 4.73. The molecule has 2 aromatic rings. The summed E-state index contributed by atoms with van der Waals surface area (Å²) in [4.78, 5) is 36.7. The largest absolute Gasteiger partial charge is 0.360 e. The van der Waals surface area contributed by atoms with Gasteiger partial charge in [-0.15, -0.1) is 0 Å². The minimum Gasteiger partial charge on any atom is -0.360 e. The minimum absolute atomic E-state index is 0.0895. The van der Waals surface area contributed by atoms with Crippen molar-refractivity contribution in [2.45, 2.75) is 19.4 Å². The van der Waals surface area contributed by atoms with E-state index in [0.29, 0.717) is 10.7 Å². The second-order valence-electron chi connectivity index (χ2n) is 6.07. The third-order valence-electron chi connectivity index (χ3n) is 3.81. The van der Waals surface area contributed by atoms with E-state index in [9.17, 15) is 22.8 Å². The SMILES string of the molecule is Cc1cc(NS(=O)(=O)NC(=O)N2C[C@H](NC(=O)Cc3ccccc3)C2=O)no1. The molecule has 1 aromatic heterocycles. The van der Waals surface area contributed by atoms with Gasteiger partial charge >= 0.3 is 16.2 Å². The lowest BCUT2D eigenvalue weighted by Gasteiger charge is -2.36. The Labute approximate surface area is 160 Å². The van der Waals surface area contributed by atoms with Crippen LogP contribution in [0.25, 0.3) is 0 Å². The van der Waals surface area contributed by atoms with Crippen molar-refractivity contribution in [2.24, 2.45) is 0 Å². The molecule has 1 atom stereocenters. The van der Waals surface area contributed by atoms with Crippen molar-refractivity contribution in [3.63, 3.8) is 0 Å². The van der Waals surface area contributed by atoms with Gasteiger partial charge in [0.2, 0.25) is 5.91 Å². The summed E-state index contributed by atoms with van der Waals surface area (Å²) < 4.78 is 32.2. The number of benzene rings is 1. The molecule has 0 unspecified atom stereocenters. The summed E-state index contributed by atoms with van der Waals surface area (Å²) in [5, 5.41) is 5.94. The number of imide groups is 1. The number of carbonyl (C=O) groups is 3. The van der Waals surface area contributed by atoms with Gasteiger partial charge in [0.15, 0.2) is 5.82 Å². The van der Waals surface area contributed by atoms with Crippen LogP contribution in [0.15, 0.2) is 40.9 Å². The van der Waals surface area contributed by atoms with Crippen LogP contribution in [-0.4, -0.2) is 48.9 Å². The Morgan fingerprint density at radius 1 is 1.29 bits per heavy atom. The Morgan fingerprint density at radius 3 is 2.61 bits per heavy atom. The second kappa shape index (κ2) is 7.68. The summed E-state index contributed by atoms with van der Waals surface area (Å²) in [6.07, 6.45) is 0.0895. The first kappa shape index (κ1) is 19.4. The number of aryl methyl sites for hydroxylation is 1. The van der Waals surface area contributed by atoms with Gasteiger partial charge in [-0.25, -0.2) is 14.2 Å². The quantitative estimate of drug-likeness (QED) is 0.567. The highest BCUT2D eigenvalue weighted by Gasteiger charge is 2.42. The Kier molecular flexibility index (Phi) is 5.31. The van der Waals surface area contributed by atoms with Gasteiger partial charge in [-0.2, -0.15) is 8.42 Å². The maximum Gasteiger partial charge on any atom is 0.339 e. The molecule has 3 rings (SSSR count). The molecule has 0 aliphatic carbocycles. The van der Waals surface area contributed by atoms with E-state index in [0.717, 1.165) is 5.56 Å². The molecular formula is C16H17N5O6S. The number of β-lactam (4-membered cyclic amide) rings is 1. The molecule has 3 N–H and O–H groups in total.